The summed E-state index contributed by atoms with van der Waals surface area (Å²) in [5.41, 5.74) is 0.535. The van der Waals surface area contributed by atoms with Gasteiger partial charge in [0.25, 0.3) is 11.5 Å². The molecule has 0 atom stereocenters. The van der Waals surface area contributed by atoms with E-state index in [1.807, 2.05) is 4.90 Å². The Morgan fingerprint density at radius 3 is 2.64 bits per heavy atom. The molecule has 0 aliphatic carbocycles. The van der Waals surface area contributed by atoms with Crippen LogP contribution in [0.5, 0.6) is 5.75 Å². The second kappa shape index (κ2) is 11.2. The summed E-state index contributed by atoms with van der Waals surface area (Å²) in [5, 5.41) is 5.91. The molecule has 8 nitrogen and oxygen atoms in total. The smallest absolute Gasteiger partial charge is 0.265 e. The molecule has 0 bridgehead atoms. The van der Waals surface area contributed by atoms with Gasteiger partial charge in [0.15, 0.2) is 6.61 Å². The molecule has 1 aromatic carbocycles. The van der Waals surface area contributed by atoms with E-state index in [2.05, 4.69) is 15.6 Å². The number of hydrogen-bond donors (Lipinski definition) is 2. The standard InChI is InChI=1S/C24H27ClF2IN5O3/c1-14(2)33-19-5-4-17(23(26)15(19)10-20(24(33)35)36-13-22(34)29-3)31-18-11-21(30-12-16(18)25)32-8-6-28(27)7-9-32/h4-5,10-12,14H,6-9,13H2,1-3H3,(H,29,34)(H,30,31). The number of amides is 1. The van der Waals surface area contributed by atoms with E-state index in [-0.39, 0.29) is 29.5 Å². The molecule has 1 fully saturated rings. The Hall–Kier alpha value is -2.67. The predicted molar refractivity (Wildman–Crippen MR) is 148 cm³/mol. The first-order valence-electron chi connectivity index (χ1n) is 11.4. The molecule has 1 aliphatic heterocycles. The third kappa shape index (κ3) is 5.51. The van der Waals surface area contributed by atoms with Crippen LogP contribution in [0.25, 0.3) is 10.9 Å². The van der Waals surface area contributed by atoms with Gasteiger partial charge in [-0.1, -0.05) is 0 Å². The Kier molecular flexibility index (Phi) is 8.18. The van der Waals surface area contributed by atoms with Crippen molar-refractivity contribution < 1.29 is 16.8 Å². The molecule has 194 valence electrons. The van der Waals surface area contributed by atoms with Gasteiger partial charge in [-0.05, 0) is 13.8 Å². The number of hydrogen-bond acceptors (Lipinski definition) is 6. The van der Waals surface area contributed by atoms with Gasteiger partial charge >= 0.3 is 156 Å². The SMILES string of the molecule is CNC(=O)COc1cc2c(F)c(Nc3cc(N4CCI(F)CC4)ncc3Cl)ccc2n(C(C)C)c1=O. The molecule has 0 radical (unpaired) electrons. The van der Waals surface area contributed by atoms with E-state index in [1.165, 1.54) is 23.9 Å². The molecule has 0 spiro atoms. The minimum Gasteiger partial charge on any atom is -0.265 e. The van der Waals surface area contributed by atoms with Crippen LogP contribution in [0.2, 0.25) is 5.02 Å². The fourth-order valence-electron chi connectivity index (χ4n) is 3.94. The number of carbonyl (C=O) groups is 1. The quantitative estimate of drug-likeness (QED) is 0.286. The van der Waals surface area contributed by atoms with Gasteiger partial charge in [-0.2, -0.15) is 0 Å². The summed E-state index contributed by atoms with van der Waals surface area (Å²) in [7, 11) is 1.46. The number of nitrogens with zero attached hydrogens (tertiary/aromatic N) is 3. The van der Waals surface area contributed by atoms with Crippen molar-refractivity contribution in [3.8, 4) is 5.75 Å². The van der Waals surface area contributed by atoms with Crippen molar-refractivity contribution in [3.05, 3.63) is 51.7 Å². The summed E-state index contributed by atoms with van der Waals surface area (Å²) in [6.07, 6.45) is 1.49. The summed E-state index contributed by atoms with van der Waals surface area (Å²) in [6.45, 7) is 4.45. The summed E-state index contributed by atoms with van der Waals surface area (Å²) in [6, 6.07) is 5.94. The van der Waals surface area contributed by atoms with Gasteiger partial charge < -0.3 is 10.1 Å². The normalized spacial score (nSPS) is 14.9. The number of aromatic nitrogens is 2. The number of rotatable bonds is 7. The maximum atomic E-state index is 15.8. The van der Waals surface area contributed by atoms with Crippen molar-refractivity contribution >= 4 is 66.0 Å². The predicted octanol–water partition coefficient (Wildman–Crippen LogP) is 4.85. The second-order valence-corrected chi connectivity index (χ2v) is 13.3. The molecule has 12 heteroatoms. The molecule has 2 N–H and O–H groups in total. The average molecular weight is 634 g/mol. The number of ether oxygens (including phenoxy) is 1. The first-order chi connectivity index (χ1) is 17.2. The number of anilines is 3. The topological polar surface area (TPSA) is 88.5 Å². The zero-order chi connectivity index (χ0) is 26.0. The fourth-order valence-corrected chi connectivity index (χ4v) is 6.85. The molecule has 1 aliphatic rings. The first-order valence-corrected chi connectivity index (χ1v) is 15.6. The van der Waals surface area contributed by atoms with E-state index in [4.69, 9.17) is 16.3 Å². The minimum atomic E-state index is -2.28. The Labute approximate surface area is 220 Å². The molecule has 1 amide bonds. The van der Waals surface area contributed by atoms with Gasteiger partial charge in [-0.25, -0.2) is 0 Å². The molecule has 3 heterocycles. The van der Waals surface area contributed by atoms with Crippen molar-refractivity contribution in [1.82, 2.24) is 14.9 Å². The Balaban J connectivity index is 1.72. The van der Waals surface area contributed by atoms with E-state index in [1.54, 1.807) is 32.0 Å². The van der Waals surface area contributed by atoms with Crippen LogP contribution in [0.15, 0.2) is 35.3 Å². The van der Waals surface area contributed by atoms with Crippen LogP contribution in [-0.2, 0) is 4.79 Å². The number of halogens is 4. The van der Waals surface area contributed by atoms with Crippen LogP contribution in [0.4, 0.5) is 24.4 Å². The number of carbonyl (C=O) groups excluding carboxylic acids is 1. The summed E-state index contributed by atoms with van der Waals surface area (Å²) >= 11 is 4.07. The third-order valence-electron chi connectivity index (χ3n) is 5.83. The molecule has 3 aromatic rings. The molecule has 36 heavy (non-hydrogen) atoms. The van der Waals surface area contributed by atoms with Crippen molar-refractivity contribution in [2.45, 2.75) is 19.9 Å². The number of nitrogens with one attached hydrogen (secondary N) is 2. The molecule has 4 rings (SSSR count). The fraction of sp³-hybridized carbons (Fsp3) is 0.375. The number of pyridine rings is 2. The van der Waals surface area contributed by atoms with Crippen molar-refractivity contribution in [1.29, 1.82) is 0 Å². The average Bonchev–Trinajstić information content (AvgIpc) is 2.86. The monoisotopic (exact) mass is 633 g/mol. The summed E-state index contributed by atoms with van der Waals surface area (Å²) < 4.78 is 37.5. The zero-order valence-electron chi connectivity index (χ0n) is 20.1. The van der Waals surface area contributed by atoms with Crippen LogP contribution in [0.1, 0.15) is 19.9 Å². The van der Waals surface area contributed by atoms with E-state index >= 15 is 4.39 Å². The molecule has 1 saturated heterocycles. The third-order valence-corrected chi connectivity index (χ3v) is 9.44. The van der Waals surface area contributed by atoms with Gasteiger partial charge in [-0.3, -0.25) is 9.59 Å². The van der Waals surface area contributed by atoms with Crippen LogP contribution in [0, 0.1) is 5.82 Å². The summed E-state index contributed by atoms with van der Waals surface area (Å²) in [5.74, 6) is -0.500. The first kappa shape index (κ1) is 26.4. The molecule has 2 aromatic heterocycles. The van der Waals surface area contributed by atoms with Gasteiger partial charge in [-0.15, -0.1) is 0 Å². The second-order valence-electron chi connectivity index (χ2n) is 8.50. The van der Waals surface area contributed by atoms with Gasteiger partial charge in [0.1, 0.15) is 0 Å². The van der Waals surface area contributed by atoms with Crippen molar-refractivity contribution in [3.63, 3.8) is 0 Å². The van der Waals surface area contributed by atoms with Crippen molar-refractivity contribution in [2.75, 3.05) is 45.8 Å². The number of benzene rings is 1. The minimum absolute atomic E-state index is 0.125. The number of fused-ring (bicyclic) bond motifs is 1. The molecular weight excluding hydrogens is 607 g/mol. The van der Waals surface area contributed by atoms with Crippen LogP contribution >= 0.6 is 32.0 Å². The Bertz CT molecular complexity index is 1350. The van der Waals surface area contributed by atoms with E-state index < -0.39 is 37.7 Å². The van der Waals surface area contributed by atoms with E-state index in [0.29, 0.717) is 44.0 Å². The van der Waals surface area contributed by atoms with Gasteiger partial charge in [0.2, 0.25) is 0 Å². The van der Waals surface area contributed by atoms with Crippen LogP contribution in [-0.4, -0.2) is 51.1 Å². The molecule has 0 saturated carbocycles. The molecular formula is C24H27ClF2IN5O3. The molecule has 0 unspecified atom stereocenters. The van der Waals surface area contributed by atoms with Crippen LogP contribution in [0.3, 0.4) is 0 Å². The zero-order valence-corrected chi connectivity index (χ0v) is 23.0. The number of likely N-dealkylation sites (N-methyl/N-ethyl adjacent to an activating group) is 1. The maximum absolute atomic E-state index is 15.8. The Morgan fingerprint density at radius 1 is 1.25 bits per heavy atom. The van der Waals surface area contributed by atoms with Gasteiger partial charge in [0, 0.05) is 13.1 Å². The number of alkyl halides is 2. The van der Waals surface area contributed by atoms with Crippen molar-refractivity contribution in [2.24, 2.45) is 0 Å². The van der Waals surface area contributed by atoms with E-state index in [9.17, 15) is 12.4 Å². The Morgan fingerprint density at radius 2 is 1.97 bits per heavy atom. The summed E-state index contributed by atoms with van der Waals surface area (Å²) in [4.78, 5) is 31.0. The van der Waals surface area contributed by atoms with E-state index in [0.717, 1.165) is 0 Å². The van der Waals surface area contributed by atoms with Crippen LogP contribution < -0.4 is 25.8 Å². The van der Waals surface area contributed by atoms with Gasteiger partial charge in [0.05, 0.1) is 0 Å².